The summed E-state index contributed by atoms with van der Waals surface area (Å²) in [6.07, 6.45) is 3.99. The maximum absolute atomic E-state index is 12.8. The first-order chi connectivity index (χ1) is 15.1. The summed E-state index contributed by atoms with van der Waals surface area (Å²) in [6, 6.07) is 14.8. The van der Waals surface area contributed by atoms with Gasteiger partial charge >= 0.3 is 5.97 Å². The lowest BCUT2D eigenvalue weighted by Gasteiger charge is -2.09. The zero-order valence-electron chi connectivity index (χ0n) is 17.8. The Morgan fingerprint density at radius 3 is 2.65 bits per heavy atom. The van der Waals surface area contributed by atoms with Crippen LogP contribution in [0.25, 0.3) is 11.3 Å². The summed E-state index contributed by atoms with van der Waals surface area (Å²) < 4.78 is 14.6. The van der Waals surface area contributed by atoms with Gasteiger partial charge in [-0.2, -0.15) is 0 Å². The molecule has 7 heteroatoms. The second-order valence-corrected chi connectivity index (χ2v) is 7.36. The molecule has 7 nitrogen and oxygen atoms in total. The van der Waals surface area contributed by atoms with Crippen molar-refractivity contribution < 1.29 is 23.6 Å². The molecule has 1 amide bonds. The van der Waals surface area contributed by atoms with E-state index < -0.39 is 5.97 Å². The average Bonchev–Trinajstić information content (AvgIpc) is 3.38. The van der Waals surface area contributed by atoms with Crippen molar-refractivity contribution in [3.05, 3.63) is 66.1 Å². The van der Waals surface area contributed by atoms with Crippen molar-refractivity contribution in [2.24, 2.45) is 0 Å². The molecule has 2 aromatic carbocycles. The molecule has 1 N–H and O–H groups in total. The molecule has 0 aliphatic carbocycles. The van der Waals surface area contributed by atoms with Gasteiger partial charge in [0, 0.05) is 5.56 Å². The number of benzene rings is 2. The zero-order valence-corrected chi connectivity index (χ0v) is 17.8. The molecule has 1 aliphatic rings. The molecule has 0 saturated carbocycles. The highest BCUT2D eigenvalue weighted by molar-refractivity contribution is 6.00. The topological polar surface area (TPSA) is 73.4 Å². The molecule has 1 aliphatic heterocycles. The largest absolute Gasteiger partial charge is 0.497 e. The molecule has 31 heavy (non-hydrogen) atoms. The van der Waals surface area contributed by atoms with E-state index in [1.807, 2.05) is 35.0 Å². The standard InChI is InChI=1S/C24H25N3O4/c1-3-31-24(29)19-7-4-5-8-20(19)25-22(28)16-26-15-21(27-14-6-9-23(26)27)17-10-12-18(30-2)13-11-17/h4-5,7-8,10-13,15H,3,6,9,14,16H2,1-2H3/p+1. The lowest BCUT2D eigenvalue weighted by Crippen LogP contribution is -2.42. The minimum Gasteiger partial charge on any atom is -0.497 e. The number of methoxy groups -OCH3 is 1. The minimum atomic E-state index is -0.447. The van der Waals surface area contributed by atoms with Crippen LogP contribution in [0.1, 0.15) is 29.5 Å². The minimum absolute atomic E-state index is 0.169. The lowest BCUT2D eigenvalue weighted by molar-refractivity contribution is -0.690. The highest BCUT2D eigenvalue weighted by Gasteiger charge is 2.29. The Bertz CT molecular complexity index is 1100. The molecule has 0 saturated heterocycles. The van der Waals surface area contributed by atoms with Gasteiger partial charge in [-0.05, 0) is 49.7 Å². The molecular formula is C24H26N3O4+. The molecule has 4 rings (SSSR count). The summed E-state index contributed by atoms with van der Waals surface area (Å²) >= 11 is 0. The third-order valence-electron chi connectivity index (χ3n) is 5.39. The van der Waals surface area contributed by atoms with Crippen LogP contribution in [0.15, 0.2) is 54.7 Å². The van der Waals surface area contributed by atoms with Gasteiger partial charge in [0.1, 0.15) is 11.9 Å². The maximum Gasteiger partial charge on any atom is 0.340 e. The summed E-state index contributed by atoms with van der Waals surface area (Å²) in [4.78, 5) is 25.0. The zero-order chi connectivity index (χ0) is 21.8. The first kappa shape index (κ1) is 20.7. The van der Waals surface area contributed by atoms with Crippen molar-refractivity contribution in [1.82, 2.24) is 4.57 Å². The van der Waals surface area contributed by atoms with Gasteiger partial charge in [0.25, 0.3) is 11.7 Å². The monoisotopic (exact) mass is 420 g/mol. The SMILES string of the molecule is CCOC(=O)c1ccccc1NC(=O)C[n+]1cc(-c2ccc(OC)cc2)n2c1CCC2. The van der Waals surface area contributed by atoms with Gasteiger partial charge in [-0.3, -0.25) is 4.79 Å². The number of nitrogens with one attached hydrogen (secondary N) is 1. The van der Waals surface area contributed by atoms with Crippen LogP contribution < -0.4 is 14.6 Å². The Morgan fingerprint density at radius 1 is 1.13 bits per heavy atom. The number of anilines is 1. The number of imidazole rings is 1. The number of amides is 1. The summed E-state index contributed by atoms with van der Waals surface area (Å²) in [5, 5.41) is 2.87. The smallest absolute Gasteiger partial charge is 0.340 e. The summed E-state index contributed by atoms with van der Waals surface area (Å²) in [6.45, 7) is 3.13. The van der Waals surface area contributed by atoms with E-state index in [2.05, 4.69) is 9.88 Å². The van der Waals surface area contributed by atoms with E-state index in [0.717, 1.165) is 42.2 Å². The number of aromatic nitrogens is 2. The van der Waals surface area contributed by atoms with Gasteiger partial charge in [0.2, 0.25) is 0 Å². The van der Waals surface area contributed by atoms with E-state index in [-0.39, 0.29) is 19.1 Å². The number of carbonyl (C=O) groups excluding carboxylic acids is 2. The second-order valence-electron chi connectivity index (χ2n) is 7.36. The Balaban J connectivity index is 1.55. The van der Waals surface area contributed by atoms with Gasteiger partial charge in [-0.1, -0.05) is 12.1 Å². The molecule has 3 aromatic rings. The summed E-state index contributed by atoms with van der Waals surface area (Å²) in [5.41, 5.74) is 2.96. The number of rotatable bonds is 7. The molecule has 1 aromatic heterocycles. The normalized spacial score (nSPS) is 12.3. The Kier molecular flexibility index (Phi) is 6.02. The van der Waals surface area contributed by atoms with Crippen molar-refractivity contribution in [3.8, 4) is 17.0 Å². The number of carbonyl (C=O) groups is 2. The van der Waals surface area contributed by atoms with E-state index in [4.69, 9.17) is 9.47 Å². The van der Waals surface area contributed by atoms with E-state index in [1.165, 1.54) is 0 Å². The fourth-order valence-electron chi connectivity index (χ4n) is 3.96. The molecular weight excluding hydrogens is 394 g/mol. The van der Waals surface area contributed by atoms with E-state index in [0.29, 0.717) is 11.3 Å². The number of hydrogen-bond donors (Lipinski definition) is 1. The van der Waals surface area contributed by atoms with E-state index >= 15 is 0 Å². The van der Waals surface area contributed by atoms with Crippen LogP contribution in [0.4, 0.5) is 5.69 Å². The number of fused-ring (bicyclic) bond motifs is 1. The van der Waals surface area contributed by atoms with Crippen molar-refractivity contribution in [1.29, 1.82) is 0 Å². The highest BCUT2D eigenvalue weighted by atomic mass is 16.5. The number of ether oxygens (including phenoxy) is 2. The van der Waals surface area contributed by atoms with E-state index in [9.17, 15) is 9.59 Å². The first-order valence-corrected chi connectivity index (χ1v) is 10.4. The second kappa shape index (κ2) is 9.04. The molecule has 2 heterocycles. The van der Waals surface area contributed by atoms with Crippen molar-refractivity contribution in [2.45, 2.75) is 32.9 Å². The predicted molar refractivity (Wildman–Crippen MR) is 116 cm³/mol. The summed E-state index contributed by atoms with van der Waals surface area (Å²) in [5.74, 6) is 1.30. The predicted octanol–water partition coefficient (Wildman–Crippen LogP) is 3.21. The van der Waals surface area contributed by atoms with Gasteiger partial charge in [0.05, 0.1) is 37.9 Å². The first-order valence-electron chi connectivity index (χ1n) is 10.4. The Morgan fingerprint density at radius 2 is 1.90 bits per heavy atom. The quantitative estimate of drug-likeness (QED) is 0.471. The fraction of sp³-hybridized carbons (Fsp3) is 0.292. The molecule has 0 bridgehead atoms. The third kappa shape index (κ3) is 4.30. The van der Waals surface area contributed by atoms with Crippen molar-refractivity contribution in [3.63, 3.8) is 0 Å². The Hall–Kier alpha value is -3.61. The van der Waals surface area contributed by atoms with Crippen LogP contribution in [0, 0.1) is 0 Å². The molecule has 0 atom stereocenters. The fourth-order valence-corrected chi connectivity index (χ4v) is 3.96. The van der Waals surface area contributed by atoms with Gasteiger partial charge < -0.3 is 14.8 Å². The van der Waals surface area contributed by atoms with Crippen LogP contribution in [-0.4, -0.2) is 30.2 Å². The van der Waals surface area contributed by atoms with Crippen LogP contribution in [0.3, 0.4) is 0 Å². The Labute approximate surface area is 181 Å². The van der Waals surface area contributed by atoms with Crippen LogP contribution in [-0.2, 0) is 29.0 Å². The number of esters is 1. The summed E-state index contributed by atoms with van der Waals surface area (Å²) in [7, 11) is 1.65. The number of hydrogen-bond acceptors (Lipinski definition) is 4. The average molecular weight is 420 g/mol. The number of nitrogens with zero attached hydrogens (tertiary/aromatic N) is 2. The van der Waals surface area contributed by atoms with Crippen LogP contribution in [0.2, 0.25) is 0 Å². The highest BCUT2D eigenvalue weighted by Crippen LogP contribution is 2.26. The molecule has 0 radical (unpaired) electrons. The molecule has 0 spiro atoms. The van der Waals surface area contributed by atoms with E-state index in [1.54, 1.807) is 38.3 Å². The van der Waals surface area contributed by atoms with Gasteiger partial charge in [-0.15, -0.1) is 0 Å². The lowest BCUT2D eigenvalue weighted by atomic mass is 10.1. The number of para-hydroxylation sites is 1. The van der Waals surface area contributed by atoms with Crippen molar-refractivity contribution >= 4 is 17.6 Å². The van der Waals surface area contributed by atoms with Crippen LogP contribution >= 0.6 is 0 Å². The maximum atomic E-state index is 12.8. The molecule has 0 unspecified atom stereocenters. The third-order valence-corrected chi connectivity index (χ3v) is 5.39. The van der Waals surface area contributed by atoms with Crippen LogP contribution in [0.5, 0.6) is 5.75 Å². The molecule has 0 fully saturated rings. The van der Waals surface area contributed by atoms with Gasteiger partial charge in [-0.25, -0.2) is 13.9 Å². The van der Waals surface area contributed by atoms with Crippen molar-refractivity contribution in [2.75, 3.05) is 19.0 Å². The van der Waals surface area contributed by atoms with Gasteiger partial charge in [0.15, 0.2) is 12.2 Å². The molecule has 160 valence electrons.